The predicted molar refractivity (Wildman–Crippen MR) is 59.5 cm³/mol. The predicted octanol–water partition coefficient (Wildman–Crippen LogP) is 0.799. The highest BCUT2D eigenvalue weighted by molar-refractivity contribution is 5.77. The Morgan fingerprint density at radius 3 is 2.80 bits per heavy atom. The molecule has 1 aliphatic rings. The minimum atomic E-state index is -0.00907. The molecule has 0 bridgehead atoms. The van der Waals surface area contributed by atoms with Gasteiger partial charge in [-0.3, -0.25) is 4.79 Å². The average Bonchev–Trinajstić information content (AvgIpc) is 2.70. The van der Waals surface area contributed by atoms with Gasteiger partial charge in [-0.1, -0.05) is 19.8 Å². The molecule has 0 radical (unpaired) electrons. The van der Waals surface area contributed by atoms with Crippen molar-refractivity contribution in [2.24, 2.45) is 5.73 Å². The number of ether oxygens (including phenoxy) is 1. The molecule has 0 saturated heterocycles. The zero-order chi connectivity index (χ0) is 11.1. The van der Waals surface area contributed by atoms with E-state index in [-0.39, 0.29) is 18.6 Å². The summed E-state index contributed by atoms with van der Waals surface area (Å²) in [5, 5.41) is 2.97. The van der Waals surface area contributed by atoms with E-state index >= 15 is 0 Å². The third-order valence-corrected chi connectivity index (χ3v) is 2.81. The van der Waals surface area contributed by atoms with Crippen molar-refractivity contribution in [3.63, 3.8) is 0 Å². The smallest absolute Gasteiger partial charge is 0.246 e. The van der Waals surface area contributed by atoms with Gasteiger partial charge in [0.05, 0.1) is 6.61 Å². The van der Waals surface area contributed by atoms with Crippen molar-refractivity contribution >= 4 is 5.91 Å². The third kappa shape index (κ3) is 5.14. The highest BCUT2D eigenvalue weighted by Crippen LogP contribution is 2.17. The Morgan fingerprint density at radius 1 is 1.53 bits per heavy atom. The molecule has 1 rings (SSSR count). The molecular weight excluding hydrogens is 192 g/mol. The molecular formula is C11H22N2O2. The van der Waals surface area contributed by atoms with Gasteiger partial charge >= 0.3 is 0 Å². The lowest BCUT2D eigenvalue weighted by molar-refractivity contribution is -0.126. The molecule has 0 aromatic heterocycles. The van der Waals surface area contributed by atoms with Crippen molar-refractivity contribution in [2.75, 3.05) is 13.2 Å². The van der Waals surface area contributed by atoms with Crippen molar-refractivity contribution in [2.45, 2.75) is 51.1 Å². The molecule has 15 heavy (non-hydrogen) atoms. The minimum absolute atomic E-state index is 0.00907. The maximum absolute atomic E-state index is 11.4. The highest BCUT2D eigenvalue weighted by atomic mass is 16.5. The molecule has 1 aliphatic carbocycles. The summed E-state index contributed by atoms with van der Waals surface area (Å²) in [4.78, 5) is 11.4. The second kappa shape index (κ2) is 6.80. The molecule has 0 spiro atoms. The lowest BCUT2D eigenvalue weighted by Gasteiger charge is -2.13. The van der Waals surface area contributed by atoms with E-state index in [2.05, 4.69) is 5.32 Å². The van der Waals surface area contributed by atoms with Gasteiger partial charge in [0.25, 0.3) is 0 Å². The fourth-order valence-electron chi connectivity index (χ4n) is 1.76. The third-order valence-electron chi connectivity index (χ3n) is 2.81. The van der Waals surface area contributed by atoms with Crippen molar-refractivity contribution in [1.29, 1.82) is 0 Å². The van der Waals surface area contributed by atoms with Crippen LogP contribution in [0, 0.1) is 0 Å². The molecule has 4 heteroatoms. The highest BCUT2D eigenvalue weighted by Gasteiger charge is 2.16. The van der Waals surface area contributed by atoms with E-state index < -0.39 is 0 Å². The molecule has 1 unspecified atom stereocenters. The number of carbonyl (C=O) groups is 1. The van der Waals surface area contributed by atoms with Gasteiger partial charge in [-0.05, 0) is 19.3 Å². The summed E-state index contributed by atoms with van der Waals surface area (Å²) in [6, 6.07) is 0.422. The Bertz CT molecular complexity index is 191. The second-order valence-corrected chi connectivity index (χ2v) is 4.23. The quantitative estimate of drug-likeness (QED) is 0.687. The number of carbonyl (C=O) groups excluding carboxylic acids is 1. The number of nitrogens with two attached hydrogens (primary N) is 1. The zero-order valence-corrected chi connectivity index (χ0v) is 9.50. The van der Waals surface area contributed by atoms with Crippen molar-refractivity contribution < 1.29 is 9.53 Å². The Labute approximate surface area is 91.5 Å². The number of amides is 1. The number of rotatable bonds is 6. The zero-order valence-electron chi connectivity index (χ0n) is 9.50. The van der Waals surface area contributed by atoms with Crippen LogP contribution in [0.3, 0.4) is 0 Å². The van der Waals surface area contributed by atoms with Crippen LogP contribution in [0.15, 0.2) is 0 Å². The summed E-state index contributed by atoms with van der Waals surface area (Å²) in [7, 11) is 0. The molecule has 0 aromatic rings. The lowest BCUT2D eigenvalue weighted by atomic mass is 10.2. The van der Waals surface area contributed by atoms with E-state index in [0.29, 0.717) is 12.6 Å². The first-order valence-electron chi connectivity index (χ1n) is 5.85. The van der Waals surface area contributed by atoms with E-state index in [4.69, 9.17) is 10.5 Å². The fourth-order valence-corrected chi connectivity index (χ4v) is 1.76. The van der Waals surface area contributed by atoms with Crippen LogP contribution < -0.4 is 11.1 Å². The van der Waals surface area contributed by atoms with Crippen LogP contribution in [0.1, 0.15) is 39.0 Å². The number of hydrogen-bond donors (Lipinski definition) is 2. The largest absolute Gasteiger partial charge is 0.370 e. The first kappa shape index (κ1) is 12.5. The topological polar surface area (TPSA) is 64.3 Å². The van der Waals surface area contributed by atoms with Crippen LogP contribution in [-0.2, 0) is 9.53 Å². The van der Waals surface area contributed by atoms with E-state index in [0.717, 1.165) is 19.3 Å². The van der Waals surface area contributed by atoms with Gasteiger partial charge in [0, 0.05) is 12.1 Å². The van der Waals surface area contributed by atoms with Crippen LogP contribution in [0.5, 0.6) is 0 Å². The summed E-state index contributed by atoms with van der Waals surface area (Å²) < 4.78 is 5.22. The van der Waals surface area contributed by atoms with Gasteiger partial charge in [-0.2, -0.15) is 0 Å². The standard InChI is InChI=1S/C11H22N2O2/c1-2-9(12)7-15-8-11(14)13-10-5-3-4-6-10/h9-10H,2-8,12H2,1H3,(H,13,14). The normalized spacial score (nSPS) is 19.1. The second-order valence-electron chi connectivity index (χ2n) is 4.23. The molecule has 1 fully saturated rings. The van der Waals surface area contributed by atoms with Gasteiger partial charge in [-0.15, -0.1) is 0 Å². The van der Waals surface area contributed by atoms with Crippen molar-refractivity contribution in [3.05, 3.63) is 0 Å². The molecule has 1 amide bonds. The van der Waals surface area contributed by atoms with Gasteiger partial charge < -0.3 is 15.8 Å². The lowest BCUT2D eigenvalue weighted by Crippen LogP contribution is -2.36. The Morgan fingerprint density at radius 2 is 2.20 bits per heavy atom. The maximum atomic E-state index is 11.4. The SMILES string of the molecule is CCC(N)COCC(=O)NC1CCCC1. The average molecular weight is 214 g/mol. The molecule has 1 saturated carbocycles. The van der Waals surface area contributed by atoms with E-state index in [1.165, 1.54) is 12.8 Å². The van der Waals surface area contributed by atoms with Gasteiger partial charge in [0.1, 0.15) is 6.61 Å². The van der Waals surface area contributed by atoms with Gasteiger partial charge in [0.2, 0.25) is 5.91 Å². The molecule has 1 atom stereocenters. The fraction of sp³-hybridized carbons (Fsp3) is 0.909. The van der Waals surface area contributed by atoms with Crippen LogP contribution in [0.25, 0.3) is 0 Å². The van der Waals surface area contributed by atoms with Crippen LogP contribution >= 0.6 is 0 Å². The molecule has 4 nitrogen and oxygen atoms in total. The van der Waals surface area contributed by atoms with Gasteiger partial charge in [-0.25, -0.2) is 0 Å². The Hall–Kier alpha value is -0.610. The van der Waals surface area contributed by atoms with Crippen molar-refractivity contribution in [1.82, 2.24) is 5.32 Å². The van der Waals surface area contributed by atoms with Crippen LogP contribution in [0.2, 0.25) is 0 Å². The van der Waals surface area contributed by atoms with Gasteiger partial charge in [0.15, 0.2) is 0 Å². The summed E-state index contributed by atoms with van der Waals surface area (Å²) in [6.07, 6.45) is 5.56. The first-order chi connectivity index (χ1) is 7.22. The van der Waals surface area contributed by atoms with Crippen molar-refractivity contribution in [3.8, 4) is 0 Å². The van der Waals surface area contributed by atoms with E-state index in [1.54, 1.807) is 0 Å². The summed E-state index contributed by atoms with van der Waals surface area (Å²) in [5.41, 5.74) is 5.67. The summed E-state index contributed by atoms with van der Waals surface area (Å²) in [5.74, 6) is -0.00907. The summed E-state index contributed by atoms with van der Waals surface area (Å²) >= 11 is 0. The minimum Gasteiger partial charge on any atom is -0.370 e. The maximum Gasteiger partial charge on any atom is 0.246 e. The summed E-state index contributed by atoms with van der Waals surface area (Å²) in [6.45, 7) is 2.62. The monoisotopic (exact) mass is 214 g/mol. The van der Waals surface area contributed by atoms with Crippen LogP contribution in [0.4, 0.5) is 0 Å². The first-order valence-corrected chi connectivity index (χ1v) is 5.85. The Balaban J connectivity index is 2.02. The molecule has 88 valence electrons. The molecule has 0 heterocycles. The van der Waals surface area contributed by atoms with Crippen LogP contribution in [-0.4, -0.2) is 31.2 Å². The Kier molecular flexibility index (Phi) is 5.65. The number of nitrogens with one attached hydrogen (secondary N) is 1. The molecule has 0 aliphatic heterocycles. The molecule has 3 N–H and O–H groups in total. The number of hydrogen-bond acceptors (Lipinski definition) is 3. The van der Waals surface area contributed by atoms with E-state index in [1.807, 2.05) is 6.92 Å². The van der Waals surface area contributed by atoms with E-state index in [9.17, 15) is 4.79 Å². The molecule has 0 aromatic carbocycles.